The molecule has 2 aromatic heterocycles. The second-order valence-corrected chi connectivity index (χ2v) is 6.59. The second kappa shape index (κ2) is 7.15. The molecule has 0 aliphatic carbocycles. The van der Waals surface area contributed by atoms with Crippen LogP contribution < -0.4 is 5.32 Å². The number of hydrogen-bond acceptors (Lipinski definition) is 4. The lowest BCUT2D eigenvalue weighted by atomic mass is 10.1. The Bertz CT molecular complexity index is 953. The van der Waals surface area contributed by atoms with Crippen molar-refractivity contribution in [3.63, 3.8) is 0 Å². The third kappa shape index (κ3) is 3.54. The maximum absolute atomic E-state index is 12.6. The van der Waals surface area contributed by atoms with E-state index >= 15 is 0 Å². The molecular formula is C20H24N4O2. The van der Waals surface area contributed by atoms with Gasteiger partial charge in [-0.2, -0.15) is 0 Å². The van der Waals surface area contributed by atoms with Crippen LogP contribution in [0.5, 0.6) is 0 Å². The van der Waals surface area contributed by atoms with Crippen molar-refractivity contribution in [2.45, 2.75) is 47.6 Å². The summed E-state index contributed by atoms with van der Waals surface area (Å²) in [4.78, 5) is 12.6. The molecule has 3 rings (SSSR count). The van der Waals surface area contributed by atoms with Crippen LogP contribution in [0.3, 0.4) is 0 Å². The van der Waals surface area contributed by atoms with Gasteiger partial charge in [-0.1, -0.05) is 19.1 Å². The lowest BCUT2D eigenvalue weighted by molar-refractivity contribution is -0.116. The van der Waals surface area contributed by atoms with E-state index in [9.17, 15) is 4.79 Å². The van der Waals surface area contributed by atoms with Crippen LogP contribution in [0, 0.1) is 27.7 Å². The molecule has 3 aromatic rings. The van der Waals surface area contributed by atoms with Crippen molar-refractivity contribution in [3.8, 4) is 11.5 Å². The molecule has 0 aliphatic heterocycles. The topological polar surface area (TPSA) is 73.0 Å². The molecule has 26 heavy (non-hydrogen) atoms. The number of rotatable bonds is 5. The molecule has 0 saturated carbocycles. The molecule has 2 heterocycles. The first-order valence-corrected chi connectivity index (χ1v) is 8.75. The van der Waals surface area contributed by atoms with Crippen molar-refractivity contribution >= 4 is 11.6 Å². The largest absolute Gasteiger partial charge is 0.421 e. The van der Waals surface area contributed by atoms with Gasteiger partial charge >= 0.3 is 0 Å². The average Bonchev–Trinajstić information content (AvgIpc) is 3.18. The summed E-state index contributed by atoms with van der Waals surface area (Å²) in [6, 6.07) is 8.01. The molecule has 1 N–H and O–H groups in total. The third-order valence-electron chi connectivity index (χ3n) is 4.54. The van der Waals surface area contributed by atoms with Crippen LogP contribution in [-0.4, -0.2) is 20.7 Å². The van der Waals surface area contributed by atoms with E-state index in [1.54, 1.807) is 0 Å². The second-order valence-electron chi connectivity index (χ2n) is 6.59. The van der Waals surface area contributed by atoms with Gasteiger partial charge in [0.15, 0.2) is 0 Å². The van der Waals surface area contributed by atoms with Gasteiger partial charge in [0.05, 0.1) is 5.56 Å². The van der Waals surface area contributed by atoms with Gasteiger partial charge in [0, 0.05) is 23.5 Å². The quantitative estimate of drug-likeness (QED) is 0.754. The van der Waals surface area contributed by atoms with E-state index in [-0.39, 0.29) is 12.5 Å². The number of carbonyl (C=O) groups is 1. The molecule has 0 unspecified atom stereocenters. The zero-order chi connectivity index (χ0) is 18.8. The van der Waals surface area contributed by atoms with E-state index in [1.165, 1.54) is 0 Å². The highest BCUT2D eigenvalue weighted by Crippen LogP contribution is 2.26. The molecule has 0 aliphatic rings. The number of amides is 1. The summed E-state index contributed by atoms with van der Waals surface area (Å²) < 4.78 is 7.63. The zero-order valence-corrected chi connectivity index (χ0v) is 15.9. The minimum Gasteiger partial charge on any atom is -0.421 e. The molecule has 0 spiro atoms. The molecule has 1 aromatic carbocycles. The molecule has 136 valence electrons. The Kier molecular flexibility index (Phi) is 4.93. The highest BCUT2D eigenvalue weighted by molar-refractivity contribution is 5.91. The van der Waals surface area contributed by atoms with Crippen LogP contribution >= 0.6 is 0 Å². The van der Waals surface area contributed by atoms with Gasteiger partial charge in [-0.25, -0.2) is 0 Å². The van der Waals surface area contributed by atoms with E-state index in [4.69, 9.17) is 4.42 Å². The zero-order valence-electron chi connectivity index (χ0n) is 15.9. The Labute approximate surface area is 153 Å². The Morgan fingerprint density at radius 1 is 1.15 bits per heavy atom. The van der Waals surface area contributed by atoms with Gasteiger partial charge in [-0.3, -0.25) is 4.79 Å². The predicted molar refractivity (Wildman–Crippen MR) is 101 cm³/mol. The first kappa shape index (κ1) is 17.9. The number of aromatic nitrogens is 3. The number of benzene rings is 1. The summed E-state index contributed by atoms with van der Waals surface area (Å²) >= 11 is 0. The fourth-order valence-corrected chi connectivity index (χ4v) is 2.97. The molecular weight excluding hydrogens is 328 g/mol. The number of anilines is 1. The highest BCUT2D eigenvalue weighted by Gasteiger charge is 2.18. The lowest BCUT2D eigenvalue weighted by Crippen LogP contribution is -2.20. The van der Waals surface area contributed by atoms with E-state index in [1.807, 2.05) is 63.5 Å². The van der Waals surface area contributed by atoms with Crippen LogP contribution in [0.4, 0.5) is 5.69 Å². The molecule has 0 radical (unpaired) electrons. The van der Waals surface area contributed by atoms with Gasteiger partial charge in [0.1, 0.15) is 6.54 Å². The average molecular weight is 352 g/mol. The normalized spacial score (nSPS) is 11.0. The molecule has 6 nitrogen and oxygen atoms in total. The predicted octanol–water partition coefficient (Wildman–Crippen LogP) is 3.97. The minimum absolute atomic E-state index is 0.0631. The summed E-state index contributed by atoms with van der Waals surface area (Å²) in [5.74, 6) is 1.04. The number of nitrogens with one attached hydrogen (secondary N) is 1. The van der Waals surface area contributed by atoms with Gasteiger partial charge in [0.2, 0.25) is 17.7 Å². The fraction of sp³-hybridized carbons (Fsp3) is 0.350. The van der Waals surface area contributed by atoms with Crippen LogP contribution in [0.2, 0.25) is 0 Å². The Hall–Kier alpha value is -2.89. The summed E-state index contributed by atoms with van der Waals surface area (Å²) in [5.41, 5.74) is 5.79. The van der Waals surface area contributed by atoms with E-state index in [0.29, 0.717) is 18.2 Å². The van der Waals surface area contributed by atoms with Crippen LogP contribution in [0.1, 0.15) is 35.3 Å². The van der Waals surface area contributed by atoms with E-state index in [0.717, 1.165) is 33.8 Å². The molecule has 0 atom stereocenters. The summed E-state index contributed by atoms with van der Waals surface area (Å²) in [7, 11) is 0. The molecule has 0 bridgehead atoms. The molecule has 0 fully saturated rings. The molecule has 6 heteroatoms. The standard InChI is InChI=1S/C20H24N4O2/c1-6-19-22-23-20(26-19)16-10-14(4)24(15(16)5)11-18(25)21-17-9-12(2)7-8-13(17)3/h7-10H,6,11H2,1-5H3,(H,21,25). The summed E-state index contributed by atoms with van der Waals surface area (Å²) in [5, 5.41) is 11.1. The van der Waals surface area contributed by atoms with Crippen molar-refractivity contribution in [1.29, 1.82) is 0 Å². The molecule has 0 saturated heterocycles. The number of nitrogens with zero attached hydrogens (tertiary/aromatic N) is 3. The van der Waals surface area contributed by atoms with Crippen LogP contribution in [-0.2, 0) is 17.8 Å². The molecule has 1 amide bonds. The fourth-order valence-electron chi connectivity index (χ4n) is 2.97. The van der Waals surface area contributed by atoms with E-state index < -0.39 is 0 Å². The first-order chi connectivity index (χ1) is 12.4. The monoisotopic (exact) mass is 352 g/mol. The lowest BCUT2D eigenvalue weighted by Gasteiger charge is -2.12. The Balaban J connectivity index is 1.81. The summed E-state index contributed by atoms with van der Waals surface area (Å²) in [6.45, 7) is 10.1. The van der Waals surface area contributed by atoms with Gasteiger partial charge in [-0.05, 0) is 51.0 Å². The first-order valence-electron chi connectivity index (χ1n) is 8.75. The van der Waals surface area contributed by atoms with Crippen LogP contribution in [0.25, 0.3) is 11.5 Å². The maximum Gasteiger partial charge on any atom is 0.249 e. The maximum atomic E-state index is 12.6. The van der Waals surface area contributed by atoms with E-state index in [2.05, 4.69) is 15.5 Å². The van der Waals surface area contributed by atoms with Gasteiger partial charge in [0.25, 0.3) is 0 Å². The number of carbonyl (C=O) groups excluding carboxylic acids is 1. The van der Waals surface area contributed by atoms with Crippen molar-refractivity contribution in [2.24, 2.45) is 0 Å². The highest BCUT2D eigenvalue weighted by atomic mass is 16.4. The SMILES string of the molecule is CCc1nnc(-c2cc(C)n(CC(=O)Nc3cc(C)ccc3C)c2C)o1. The van der Waals surface area contributed by atoms with Gasteiger partial charge in [-0.15, -0.1) is 10.2 Å². The Morgan fingerprint density at radius 2 is 1.92 bits per heavy atom. The van der Waals surface area contributed by atoms with Crippen molar-refractivity contribution < 1.29 is 9.21 Å². The smallest absolute Gasteiger partial charge is 0.249 e. The summed E-state index contributed by atoms with van der Waals surface area (Å²) in [6.07, 6.45) is 0.698. The Morgan fingerprint density at radius 3 is 2.62 bits per heavy atom. The van der Waals surface area contributed by atoms with Crippen molar-refractivity contribution in [3.05, 3.63) is 52.7 Å². The number of aryl methyl sites for hydroxylation is 4. The number of hydrogen-bond donors (Lipinski definition) is 1. The minimum atomic E-state index is -0.0631. The van der Waals surface area contributed by atoms with Gasteiger partial charge < -0.3 is 14.3 Å². The van der Waals surface area contributed by atoms with Crippen molar-refractivity contribution in [1.82, 2.24) is 14.8 Å². The van der Waals surface area contributed by atoms with Crippen molar-refractivity contribution in [2.75, 3.05) is 5.32 Å². The van der Waals surface area contributed by atoms with Crippen LogP contribution in [0.15, 0.2) is 28.7 Å². The third-order valence-corrected chi connectivity index (χ3v) is 4.54.